The van der Waals surface area contributed by atoms with E-state index >= 15 is 0 Å². The topological polar surface area (TPSA) is 12.0 Å². The van der Waals surface area contributed by atoms with Crippen molar-refractivity contribution in [1.29, 1.82) is 0 Å². The standard InChI is InChI=1S/C9H15NSe/c1-4-6-8-9(5-2)11-7(3)10-8/h5-7,10H,4H2,1-3H3/b8-6+,9-5+. The van der Waals surface area contributed by atoms with Gasteiger partial charge in [0.2, 0.25) is 0 Å². The molecule has 0 aromatic rings. The van der Waals surface area contributed by atoms with Gasteiger partial charge in [-0.15, -0.1) is 0 Å². The van der Waals surface area contributed by atoms with E-state index in [1.54, 1.807) is 0 Å². The summed E-state index contributed by atoms with van der Waals surface area (Å²) >= 11 is 0.649. The fraction of sp³-hybridized carbons (Fsp3) is 0.556. The Labute approximate surface area is 75.1 Å². The minimum atomic E-state index is 0.649. The second kappa shape index (κ2) is 3.98. The first-order chi connectivity index (χ1) is 5.27. The molecule has 2 heteroatoms. The van der Waals surface area contributed by atoms with Crippen molar-refractivity contribution in [3.05, 3.63) is 22.3 Å². The Morgan fingerprint density at radius 3 is 2.91 bits per heavy atom. The van der Waals surface area contributed by atoms with Crippen LogP contribution in [0.5, 0.6) is 0 Å². The first-order valence-corrected chi connectivity index (χ1v) is 5.92. The van der Waals surface area contributed by atoms with Gasteiger partial charge in [-0.2, -0.15) is 0 Å². The quantitative estimate of drug-likeness (QED) is 0.659. The fourth-order valence-corrected chi connectivity index (χ4v) is 3.20. The summed E-state index contributed by atoms with van der Waals surface area (Å²) in [6.45, 7) is 6.55. The fourth-order valence-electron chi connectivity index (χ4n) is 1.16. The van der Waals surface area contributed by atoms with Gasteiger partial charge in [0.25, 0.3) is 0 Å². The zero-order chi connectivity index (χ0) is 8.27. The molecule has 1 heterocycles. The Morgan fingerprint density at radius 2 is 2.36 bits per heavy atom. The Bertz CT molecular complexity index is 194. The predicted octanol–water partition coefficient (Wildman–Crippen LogP) is 1.84. The van der Waals surface area contributed by atoms with E-state index in [0.717, 1.165) is 6.42 Å². The van der Waals surface area contributed by atoms with E-state index in [1.807, 2.05) is 0 Å². The molecule has 0 amide bonds. The van der Waals surface area contributed by atoms with E-state index in [1.165, 1.54) is 10.2 Å². The molecule has 1 nitrogen and oxygen atoms in total. The van der Waals surface area contributed by atoms with Gasteiger partial charge in [0.05, 0.1) is 0 Å². The van der Waals surface area contributed by atoms with Crippen LogP contribution in [0.25, 0.3) is 0 Å². The Kier molecular flexibility index (Phi) is 3.22. The van der Waals surface area contributed by atoms with E-state index in [9.17, 15) is 0 Å². The molecule has 1 aliphatic rings. The molecule has 62 valence electrons. The van der Waals surface area contributed by atoms with Crippen molar-refractivity contribution in [3.8, 4) is 0 Å². The zero-order valence-corrected chi connectivity index (χ0v) is 9.06. The summed E-state index contributed by atoms with van der Waals surface area (Å²) in [5, 5.41) is 3.48. The number of hydrogen-bond donors (Lipinski definition) is 1. The second-order valence-electron chi connectivity index (χ2n) is 2.58. The van der Waals surface area contributed by atoms with Crippen LogP contribution in [0.15, 0.2) is 22.3 Å². The third-order valence-corrected chi connectivity index (χ3v) is 4.08. The van der Waals surface area contributed by atoms with Crippen LogP contribution in [0.2, 0.25) is 0 Å². The molecule has 1 unspecified atom stereocenters. The molecule has 1 N–H and O–H groups in total. The van der Waals surface area contributed by atoms with Gasteiger partial charge in [-0.05, 0) is 0 Å². The third-order valence-electron chi connectivity index (χ3n) is 1.60. The van der Waals surface area contributed by atoms with Crippen molar-refractivity contribution in [2.24, 2.45) is 0 Å². The summed E-state index contributed by atoms with van der Waals surface area (Å²) in [4.78, 5) is 0.687. The zero-order valence-electron chi connectivity index (χ0n) is 7.35. The molecule has 1 fully saturated rings. The van der Waals surface area contributed by atoms with Gasteiger partial charge in [-0.3, -0.25) is 0 Å². The molecule has 0 bridgehead atoms. The van der Waals surface area contributed by atoms with Gasteiger partial charge in [0.15, 0.2) is 0 Å². The van der Waals surface area contributed by atoms with Crippen molar-refractivity contribution >= 4 is 15.0 Å². The first-order valence-electron chi connectivity index (χ1n) is 4.08. The number of rotatable bonds is 1. The monoisotopic (exact) mass is 217 g/mol. The van der Waals surface area contributed by atoms with E-state index in [0.29, 0.717) is 19.9 Å². The number of nitrogens with one attached hydrogen (secondary N) is 1. The molecule has 0 spiro atoms. The van der Waals surface area contributed by atoms with Crippen molar-refractivity contribution < 1.29 is 0 Å². The van der Waals surface area contributed by atoms with Gasteiger partial charge in [-0.1, -0.05) is 0 Å². The molecule has 0 aliphatic carbocycles. The SMILES string of the molecule is C/C=C1/[Se]C(C)N/C1=C/CC. The third kappa shape index (κ3) is 2.11. The predicted molar refractivity (Wildman–Crippen MR) is 50.5 cm³/mol. The molecule has 0 radical (unpaired) electrons. The van der Waals surface area contributed by atoms with Gasteiger partial charge in [-0.25, -0.2) is 0 Å². The molecule has 1 saturated heterocycles. The first kappa shape index (κ1) is 8.89. The van der Waals surface area contributed by atoms with Gasteiger partial charge in [0.1, 0.15) is 0 Å². The van der Waals surface area contributed by atoms with Crippen LogP contribution in [0.3, 0.4) is 0 Å². The molecule has 0 saturated carbocycles. The van der Waals surface area contributed by atoms with Gasteiger partial charge < -0.3 is 0 Å². The normalized spacial score (nSPS) is 31.4. The average Bonchev–Trinajstić information content (AvgIpc) is 2.32. The maximum absolute atomic E-state index is 3.48. The molecule has 1 atom stereocenters. The van der Waals surface area contributed by atoms with E-state index in [-0.39, 0.29) is 0 Å². The Hall–Kier alpha value is -0.201. The van der Waals surface area contributed by atoms with Crippen LogP contribution >= 0.6 is 0 Å². The van der Waals surface area contributed by atoms with Crippen molar-refractivity contribution in [3.63, 3.8) is 0 Å². The van der Waals surface area contributed by atoms with Crippen LogP contribution in [-0.2, 0) is 0 Å². The summed E-state index contributed by atoms with van der Waals surface area (Å²) in [6, 6.07) is 0. The Balaban J connectivity index is 2.73. The van der Waals surface area contributed by atoms with E-state index in [2.05, 4.69) is 38.2 Å². The molecule has 0 aromatic heterocycles. The summed E-state index contributed by atoms with van der Waals surface area (Å²) in [5.74, 6) is 0. The summed E-state index contributed by atoms with van der Waals surface area (Å²) in [5.41, 5.74) is 1.38. The summed E-state index contributed by atoms with van der Waals surface area (Å²) < 4.78 is 1.53. The summed E-state index contributed by atoms with van der Waals surface area (Å²) in [6.07, 6.45) is 5.64. The van der Waals surface area contributed by atoms with Gasteiger partial charge >= 0.3 is 74.7 Å². The van der Waals surface area contributed by atoms with Crippen LogP contribution in [-0.4, -0.2) is 19.9 Å². The van der Waals surface area contributed by atoms with Crippen molar-refractivity contribution in [2.75, 3.05) is 0 Å². The minimum absolute atomic E-state index is 0.649. The molecule has 1 rings (SSSR count). The maximum atomic E-state index is 3.48. The molecular weight excluding hydrogens is 201 g/mol. The van der Waals surface area contributed by atoms with E-state index in [4.69, 9.17) is 0 Å². The van der Waals surface area contributed by atoms with Gasteiger partial charge in [0, 0.05) is 0 Å². The number of allylic oxidation sites excluding steroid dienone is 3. The molecule has 11 heavy (non-hydrogen) atoms. The number of hydrogen-bond acceptors (Lipinski definition) is 1. The van der Waals surface area contributed by atoms with Crippen LogP contribution in [0, 0.1) is 0 Å². The average molecular weight is 216 g/mol. The summed E-state index contributed by atoms with van der Waals surface area (Å²) in [7, 11) is 0. The van der Waals surface area contributed by atoms with Crippen molar-refractivity contribution in [1.82, 2.24) is 5.32 Å². The van der Waals surface area contributed by atoms with Crippen molar-refractivity contribution in [2.45, 2.75) is 32.1 Å². The molecular formula is C9H15NSe. The molecule has 1 aliphatic heterocycles. The second-order valence-corrected chi connectivity index (χ2v) is 5.48. The van der Waals surface area contributed by atoms with Crippen LogP contribution in [0.4, 0.5) is 0 Å². The van der Waals surface area contributed by atoms with Crippen LogP contribution in [0.1, 0.15) is 27.2 Å². The van der Waals surface area contributed by atoms with E-state index < -0.39 is 0 Å². The Morgan fingerprint density at radius 1 is 1.64 bits per heavy atom. The molecule has 0 aromatic carbocycles. The van der Waals surface area contributed by atoms with Crippen LogP contribution < -0.4 is 5.32 Å².